The van der Waals surface area contributed by atoms with Crippen LogP contribution < -0.4 is 0 Å². The van der Waals surface area contributed by atoms with Gasteiger partial charge in [0.15, 0.2) is 0 Å². The number of hydrogen-bond donors (Lipinski definition) is 2. The van der Waals surface area contributed by atoms with Crippen LogP contribution in [0.1, 0.15) is 0 Å². The molecule has 2 aromatic rings. The number of aromatic hydroxyl groups is 2. The molecule has 1 aromatic heterocycles. The minimum atomic E-state index is -0.575. The first-order chi connectivity index (χ1) is 8.56. The third-order valence-corrected chi connectivity index (χ3v) is 2.70. The SMILES string of the molecule is O=[N+]([O-])c1cnc(N=Nc2ccc(O)cc2O)s1. The number of phenolic OH excluding ortho intramolecular Hbond substituents is 2. The standard InChI is InChI=1S/C9H6N4O4S/c14-5-1-2-6(7(15)3-5)11-12-9-10-4-8(18-9)13(16)17/h1-4,14-15H. The second-order valence-corrected chi connectivity index (χ2v) is 4.10. The first kappa shape index (κ1) is 11.9. The molecule has 0 radical (unpaired) electrons. The minimum Gasteiger partial charge on any atom is -0.508 e. The molecular weight excluding hydrogens is 260 g/mol. The summed E-state index contributed by atoms with van der Waals surface area (Å²) in [4.78, 5) is 13.5. The van der Waals surface area contributed by atoms with Crippen molar-refractivity contribution < 1.29 is 15.1 Å². The normalized spacial score (nSPS) is 10.9. The number of phenols is 2. The molecule has 0 atom stereocenters. The molecule has 0 aliphatic carbocycles. The second-order valence-electron chi connectivity index (χ2n) is 3.11. The van der Waals surface area contributed by atoms with Gasteiger partial charge >= 0.3 is 5.00 Å². The van der Waals surface area contributed by atoms with Crippen LogP contribution in [0.15, 0.2) is 34.6 Å². The molecule has 1 aromatic carbocycles. The van der Waals surface area contributed by atoms with Crippen LogP contribution in [-0.4, -0.2) is 20.1 Å². The third-order valence-electron chi connectivity index (χ3n) is 1.86. The fraction of sp³-hybridized carbons (Fsp3) is 0. The van der Waals surface area contributed by atoms with Crippen molar-refractivity contribution in [3.05, 3.63) is 34.5 Å². The van der Waals surface area contributed by atoms with Gasteiger partial charge in [-0.1, -0.05) is 0 Å². The maximum absolute atomic E-state index is 10.4. The smallest absolute Gasteiger partial charge is 0.345 e. The maximum atomic E-state index is 10.4. The van der Waals surface area contributed by atoms with Crippen LogP contribution in [0.25, 0.3) is 0 Å². The molecule has 0 aliphatic heterocycles. The van der Waals surface area contributed by atoms with Crippen LogP contribution in [0.2, 0.25) is 0 Å². The predicted octanol–water partition coefficient (Wildman–Crippen LogP) is 2.88. The van der Waals surface area contributed by atoms with E-state index in [1.807, 2.05) is 0 Å². The summed E-state index contributed by atoms with van der Waals surface area (Å²) in [5.74, 6) is -0.346. The topological polar surface area (TPSA) is 121 Å². The van der Waals surface area contributed by atoms with E-state index in [1.165, 1.54) is 12.1 Å². The number of hydrogen-bond acceptors (Lipinski definition) is 8. The molecule has 0 saturated carbocycles. The highest BCUT2D eigenvalue weighted by atomic mass is 32.1. The molecule has 0 bridgehead atoms. The fourth-order valence-electron chi connectivity index (χ4n) is 1.08. The zero-order valence-corrected chi connectivity index (χ0v) is 9.53. The lowest BCUT2D eigenvalue weighted by atomic mass is 10.3. The van der Waals surface area contributed by atoms with E-state index in [4.69, 9.17) is 5.11 Å². The Hall–Kier alpha value is -2.55. The lowest BCUT2D eigenvalue weighted by Crippen LogP contribution is -1.80. The zero-order valence-electron chi connectivity index (χ0n) is 8.72. The summed E-state index contributed by atoms with van der Waals surface area (Å²) in [7, 11) is 0. The molecule has 0 fully saturated rings. The Labute approximate surface area is 104 Å². The van der Waals surface area contributed by atoms with E-state index in [0.29, 0.717) is 0 Å². The second kappa shape index (κ2) is 4.75. The molecule has 0 unspecified atom stereocenters. The Kier molecular flexibility index (Phi) is 3.15. The summed E-state index contributed by atoms with van der Waals surface area (Å²) in [5.41, 5.74) is 0.130. The Morgan fingerprint density at radius 3 is 2.72 bits per heavy atom. The van der Waals surface area contributed by atoms with E-state index in [-0.39, 0.29) is 27.3 Å². The van der Waals surface area contributed by atoms with Crippen molar-refractivity contribution in [1.82, 2.24) is 4.98 Å². The number of azo groups is 1. The fourth-order valence-corrected chi connectivity index (χ4v) is 1.63. The summed E-state index contributed by atoms with van der Waals surface area (Å²) in [6, 6.07) is 3.80. The molecule has 0 amide bonds. The number of benzene rings is 1. The highest BCUT2D eigenvalue weighted by molar-refractivity contribution is 7.18. The molecule has 18 heavy (non-hydrogen) atoms. The number of nitro groups is 1. The van der Waals surface area contributed by atoms with Crippen molar-refractivity contribution in [2.45, 2.75) is 0 Å². The quantitative estimate of drug-likeness (QED) is 0.502. The molecule has 2 rings (SSSR count). The van der Waals surface area contributed by atoms with Gasteiger partial charge in [-0.25, -0.2) is 4.98 Å². The van der Waals surface area contributed by atoms with Gasteiger partial charge in [0.05, 0.1) is 4.92 Å². The van der Waals surface area contributed by atoms with Gasteiger partial charge in [0.25, 0.3) is 0 Å². The summed E-state index contributed by atoms with van der Waals surface area (Å²) in [6.45, 7) is 0. The summed E-state index contributed by atoms with van der Waals surface area (Å²) >= 11 is 0.768. The Morgan fingerprint density at radius 1 is 1.33 bits per heavy atom. The Bertz CT molecular complexity index is 625. The number of aromatic nitrogens is 1. The molecule has 1 heterocycles. The van der Waals surface area contributed by atoms with Crippen LogP contribution in [0, 0.1) is 10.1 Å². The van der Waals surface area contributed by atoms with Crippen molar-refractivity contribution >= 4 is 27.2 Å². The molecule has 8 nitrogen and oxygen atoms in total. The van der Waals surface area contributed by atoms with Crippen molar-refractivity contribution in [3.63, 3.8) is 0 Å². The van der Waals surface area contributed by atoms with Crippen molar-refractivity contribution in [2.24, 2.45) is 10.2 Å². The Morgan fingerprint density at radius 2 is 2.11 bits per heavy atom. The van der Waals surface area contributed by atoms with Crippen molar-refractivity contribution in [3.8, 4) is 11.5 Å². The molecule has 0 saturated heterocycles. The molecule has 0 spiro atoms. The van der Waals surface area contributed by atoms with Gasteiger partial charge in [0, 0.05) is 6.07 Å². The van der Waals surface area contributed by atoms with Gasteiger partial charge in [-0.2, -0.15) is 0 Å². The highest BCUT2D eigenvalue weighted by Crippen LogP contribution is 2.33. The van der Waals surface area contributed by atoms with Crippen LogP contribution in [0.4, 0.5) is 15.8 Å². The van der Waals surface area contributed by atoms with Gasteiger partial charge < -0.3 is 10.2 Å². The Balaban J connectivity index is 2.21. The maximum Gasteiger partial charge on any atom is 0.345 e. The monoisotopic (exact) mass is 266 g/mol. The largest absolute Gasteiger partial charge is 0.508 e. The van der Waals surface area contributed by atoms with E-state index in [9.17, 15) is 15.2 Å². The first-order valence-corrected chi connectivity index (χ1v) is 5.42. The molecule has 0 aliphatic rings. The van der Waals surface area contributed by atoms with Gasteiger partial charge in [0.1, 0.15) is 23.4 Å². The van der Waals surface area contributed by atoms with Gasteiger partial charge in [-0.05, 0) is 23.5 Å². The van der Waals surface area contributed by atoms with Gasteiger partial charge in [-0.3, -0.25) is 10.1 Å². The van der Waals surface area contributed by atoms with Gasteiger partial charge in [0.2, 0.25) is 5.13 Å². The average Bonchev–Trinajstić information content (AvgIpc) is 2.76. The first-order valence-electron chi connectivity index (χ1n) is 4.60. The van der Waals surface area contributed by atoms with Crippen LogP contribution in [0.3, 0.4) is 0 Å². The van der Waals surface area contributed by atoms with E-state index in [1.54, 1.807) is 0 Å². The predicted molar refractivity (Wildman–Crippen MR) is 62.7 cm³/mol. The summed E-state index contributed by atoms with van der Waals surface area (Å²) in [5, 5.41) is 36.2. The highest BCUT2D eigenvalue weighted by Gasteiger charge is 2.11. The average molecular weight is 266 g/mol. The van der Waals surface area contributed by atoms with Crippen molar-refractivity contribution in [1.29, 1.82) is 0 Å². The van der Waals surface area contributed by atoms with E-state index < -0.39 is 4.92 Å². The molecule has 92 valence electrons. The minimum absolute atomic E-state index is 0.101. The summed E-state index contributed by atoms with van der Waals surface area (Å²) < 4.78 is 0. The van der Waals surface area contributed by atoms with Crippen LogP contribution in [0.5, 0.6) is 11.5 Å². The lowest BCUT2D eigenvalue weighted by molar-refractivity contribution is -0.380. The third kappa shape index (κ3) is 2.58. The van der Waals surface area contributed by atoms with E-state index in [2.05, 4.69) is 15.2 Å². The van der Waals surface area contributed by atoms with Gasteiger partial charge in [-0.15, -0.1) is 10.2 Å². The van der Waals surface area contributed by atoms with Crippen molar-refractivity contribution in [2.75, 3.05) is 0 Å². The van der Waals surface area contributed by atoms with Crippen LogP contribution >= 0.6 is 11.3 Å². The molecular formula is C9H6N4O4S. The van der Waals surface area contributed by atoms with Crippen LogP contribution in [-0.2, 0) is 0 Å². The van der Waals surface area contributed by atoms with E-state index >= 15 is 0 Å². The molecule has 9 heteroatoms. The summed E-state index contributed by atoms with van der Waals surface area (Å²) in [6.07, 6.45) is 1.08. The number of nitrogens with zero attached hydrogens (tertiary/aromatic N) is 4. The van der Waals surface area contributed by atoms with E-state index in [0.717, 1.165) is 23.6 Å². The zero-order chi connectivity index (χ0) is 13.1. The number of thiazole rings is 1. The lowest BCUT2D eigenvalue weighted by Gasteiger charge is -1.96. The number of rotatable bonds is 3. The molecule has 2 N–H and O–H groups in total.